The highest BCUT2D eigenvalue weighted by atomic mass is 15.1. The smallest absolute Gasteiger partial charge is 0.188 e. The summed E-state index contributed by atoms with van der Waals surface area (Å²) in [6, 6.07) is 0. The molecule has 0 aromatic carbocycles. The fourth-order valence-corrected chi connectivity index (χ4v) is 1.14. The number of aromatic nitrogens is 2. The molecule has 5 heteroatoms. The highest BCUT2D eigenvalue weighted by molar-refractivity contribution is 5.78. The molecule has 0 aliphatic rings. The van der Waals surface area contributed by atoms with Crippen molar-refractivity contribution in [1.29, 1.82) is 0 Å². The van der Waals surface area contributed by atoms with Crippen molar-refractivity contribution in [2.24, 2.45) is 10.7 Å². The molecule has 15 heavy (non-hydrogen) atoms. The van der Waals surface area contributed by atoms with Crippen molar-refractivity contribution in [2.75, 3.05) is 6.54 Å². The molecular weight excluding hydrogens is 190 g/mol. The first-order chi connectivity index (χ1) is 6.97. The summed E-state index contributed by atoms with van der Waals surface area (Å²) in [7, 11) is 0. The first kappa shape index (κ1) is 11.6. The molecule has 0 saturated carbocycles. The molecule has 0 bridgehead atoms. The Bertz CT molecular complexity index is 307. The van der Waals surface area contributed by atoms with E-state index >= 15 is 0 Å². The maximum absolute atomic E-state index is 5.71. The molecule has 84 valence electrons. The zero-order valence-corrected chi connectivity index (χ0v) is 9.54. The van der Waals surface area contributed by atoms with Gasteiger partial charge in [0.15, 0.2) is 5.96 Å². The van der Waals surface area contributed by atoms with Crippen LogP contribution in [0, 0.1) is 0 Å². The van der Waals surface area contributed by atoms with E-state index in [9.17, 15) is 0 Å². The molecule has 0 amide bonds. The van der Waals surface area contributed by atoms with Gasteiger partial charge in [-0.2, -0.15) is 0 Å². The van der Waals surface area contributed by atoms with Crippen LogP contribution in [0.1, 0.15) is 26.5 Å². The Labute approximate surface area is 90.2 Å². The van der Waals surface area contributed by atoms with Crippen LogP contribution in [0.3, 0.4) is 0 Å². The Hall–Kier alpha value is -1.52. The molecule has 0 spiro atoms. The molecule has 0 atom stereocenters. The molecule has 1 aromatic rings. The van der Waals surface area contributed by atoms with Gasteiger partial charge in [0.25, 0.3) is 0 Å². The van der Waals surface area contributed by atoms with Crippen molar-refractivity contribution in [1.82, 2.24) is 15.3 Å². The van der Waals surface area contributed by atoms with E-state index in [2.05, 4.69) is 20.3 Å². The number of hydrogen-bond donors (Lipinski definition) is 3. The first-order valence-corrected chi connectivity index (χ1v) is 5.03. The van der Waals surface area contributed by atoms with Crippen LogP contribution in [0.25, 0.3) is 0 Å². The predicted octanol–water partition coefficient (Wildman–Crippen LogP) is 0.655. The third-order valence-electron chi connectivity index (χ3n) is 1.72. The summed E-state index contributed by atoms with van der Waals surface area (Å²) in [4.78, 5) is 11.2. The molecular formula is C10H19N5. The van der Waals surface area contributed by atoms with Gasteiger partial charge in [-0.05, 0) is 20.8 Å². The van der Waals surface area contributed by atoms with Crippen LogP contribution in [0.4, 0.5) is 0 Å². The van der Waals surface area contributed by atoms with Gasteiger partial charge >= 0.3 is 0 Å². The number of nitrogens with one attached hydrogen (secondary N) is 2. The molecule has 0 fully saturated rings. The first-order valence-electron chi connectivity index (χ1n) is 5.03. The van der Waals surface area contributed by atoms with E-state index in [0.29, 0.717) is 12.5 Å². The van der Waals surface area contributed by atoms with Gasteiger partial charge in [-0.1, -0.05) is 0 Å². The van der Waals surface area contributed by atoms with E-state index in [1.807, 2.05) is 20.8 Å². The van der Waals surface area contributed by atoms with Crippen LogP contribution in [-0.4, -0.2) is 28.0 Å². The molecule has 1 rings (SSSR count). The van der Waals surface area contributed by atoms with Crippen molar-refractivity contribution in [3.63, 3.8) is 0 Å². The van der Waals surface area contributed by atoms with Gasteiger partial charge in [-0.25, -0.2) is 4.98 Å². The summed E-state index contributed by atoms with van der Waals surface area (Å²) in [6.45, 7) is 6.80. The average Bonchev–Trinajstić information content (AvgIpc) is 2.53. The van der Waals surface area contributed by atoms with Crippen molar-refractivity contribution >= 4 is 5.96 Å². The molecule has 0 unspecified atom stereocenters. The molecule has 1 heterocycles. The lowest BCUT2D eigenvalue weighted by atomic mass is 10.1. The summed E-state index contributed by atoms with van der Waals surface area (Å²) in [5.74, 6) is 0.488. The van der Waals surface area contributed by atoms with Crippen LogP contribution in [0.15, 0.2) is 17.5 Å². The van der Waals surface area contributed by atoms with E-state index in [1.54, 1.807) is 12.5 Å². The van der Waals surface area contributed by atoms with Gasteiger partial charge in [0.05, 0.1) is 6.33 Å². The summed E-state index contributed by atoms with van der Waals surface area (Å²) >= 11 is 0. The molecule has 5 nitrogen and oxygen atoms in total. The quantitative estimate of drug-likeness (QED) is 0.505. The number of aliphatic imine (C=N–C) groups is 1. The number of hydrogen-bond acceptors (Lipinski definition) is 2. The van der Waals surface area contributed by atoms with Crippen LogP contribution >= 0.6 is 0 Å². The van der Waals surface area contributed by atoms with Crippen molar-refractivity contribution in [3.8, 4) is 0 Å². The molecule has 4 N–H and O–H groups in total. The van der Waals surface area contributed by atoms with Crippen LogP contribution < -0.4 is 11.1 Å². The second-order valence-corrected chi connectivity index (χ2v) is 4.47. The fraction of sp³-hybridized carbons (Fsp3) is 0.600. The number of H-pyrrole nitrogens is 1. The zero-order valence-electron chi connectivity index (χ0n) is 9.54. The third-order valence-corrected chi connectivity index (χ3v) is 1.72. The topological polar surface area (TPSA) is 79.1 Å². The Morgan fingerprint density at radius 1 is 1.60 bits per heavy atom. The number of aromatic amines is 1. The highest BCUT2D eigenvalue weighted by Crippen LogP contribution is 1.97. The Morgan fingerprint density at radius 2 is 2.33 bits per heavy atom. The normalized spacial score (nSPS) is 12.9. The van der Waals surface area contributed by atoms with Crippen molar-refractivity contribution in [2.45, 2.75) is 32.7 Å². The monoisotopic (exact) mass is 209 g/mol. The van der Waals surface area contributed by atoms with Crippen LogP contribution in [0.2, 0.25) is 0 Å². The number of nitrogens with two attached hydrogens (primary N) is 1. The predicted molar refractivity (Wildman–Crippen MR) is 61.7 cm³/mol. The summed E-state index contributed by atoms with van der Waals surface area (Å²) < 4.78 is 0. The largest absolute Gasteiger partial charge is 0.370 e. The van der Waals surface area contributed by atoms with Crippen molar-refractivity contribution in [3.05, 3.63) is 18.2 Å². The van der Waals surface area contributed by atoms with E-state index in [0.717, 1.165) is 12.1 Å². The number of guanidine groups is 1. The van der Waals surface area contributed by atoms with E-state index in [1.165, 1.54) is 0 Å². The van der Waals surface area contributed by atoms with Crippen LogP contribution in [-0.2, 0) is 6.42 Å². The lowest BCUT2D eigenvalue weighted by Crippen LogP contribution is -2.45. The van der Waals surface area contributed by atoms with Gasteiger partial charge in [0.2, 0.25) is 0 Å². The third kappa shape index (κ3) is 5.05. The van der Waals surface area contributed by atoms with Gasteiger partial charge in [0.1, 0.15) is 0 Å². The second kappa shape index (κ2) is 4.82. The Morgan fingerprint density at radius 3 is 2.87 bits per heavy atom. The second-order valence-electron chi connectivity index (χ2n) is 4.47. The Balaban J connectivity index is 2.32. The van der Waals surface area contributed by atoms with E-state index in [-0.39, 0.29) is 5.54 Å². The maximum Gasteiger partial charge on any atom is 0.188 e. The highest BCUT2D eigenvalue weighted by Gasteiger charge is 2.09. The van der Waals surface area contributed by atoms with Gasteiger partial charge in [-0.15, -0.1) is 0 Å². The lowest BCUT2D eigenvalue weighted by molar-refractivity contribution is 0.508. The molecule has 0 aliphatic heterocycles. The summed E-state index contributed by atoms with van der Waals surface area (Å²) in [5.41, 5.74) is 6.74. The maximum atomic E-state index is 5.71. The van der Waals surface area contributed by atoms with Crippen LogP contribution in [0.5, 0.6) is 0 Å². The standard InChI is InChI=1S/C10H19N5/c1-10(2,3)15-9(11)13-5-4-8-6-12-7-14-8/h6-7H,4-5H2,1-3H3,(H,12,14)(H3,11,13,15). The fourth-order valence-electron chi connectivity index (χ4n) is 1.14. The van der Waals surface area contributed by atoms with Gasteiger partial charge in [0, 0.05) is 30.4 Å². The number of nitrogens with zero attached hydrogens (tertiary/aromatic N) is 2. The van der Waals surface area contributed by atoms with Gasteiger partial charge < -0.3 is 16.0 Å². The summed E-state index contributed by atoms with van der Waals surface area (Å²) in [5, 5.41) is 3.10. The number of rotatable bonds is 3. The minimum absolute atomic E-state index is 0.0401. The molecule has 0 radical (unpaired) electrons. The molecule has 0 aliphatic carbocycles. The summed E-state index contributed by atoms with van der Waals surface area (Å²) in [6.07, 6.45) is 4.28. The molecule has 1 aromatic heterocycles. The zero-order chi connectivity index (χ0) is 11.3. The van der Waals surface area contributed by atoms with E-state index in [4.69, 9.17) is 5.73 Å². The van der Waals surface area contributed by atoms with Gasteiger partial charge in [-0.3, -0.25) is 4.99 Å². The lowest BCUT2D eigenvalue weighted by Gasteiger charge is -2.20. The minimum atomic E-state index is -0.0401. The number of imidazole rings is 1. The average molecular weight is 209 g/mol. The Kier molecular flexibility index (Phi) is 3.71. The minimum Gasteiger partial charge on any atom is -0.370 e. The molecule has 0 saturated heterocycles. The SMILES string of the molecule is CC(C)(C)NC(N)=NCCc1cnc[nH]1. The van der Waals surface area contributed by atoms with Crippen molar-refractivity contribution < 1.29 is 0 Å². The van der Waals surface area contributed by atoms with E-state index < -0.39 is 0 Å².